The lowest BCUT2D eigenvalue weighted by Crippen LogP contribution is -2.57. The van der Waals surface area contributed by atoms with Gasteiger partial charge in [-0.3, -0.25) is 9.69 Å². The van der Waals surface area contributed by atoms with Gasteiger partial charge >= 0.3 is 6.18 Å². The first kappa shape index (κ1) is 19.5. The normalized spacial score (nSPS) is 17.2. The van der Waals surface area contributed by atoms with Crippen molar-refractivity contribution in [2.45, 2.75) is 32.5 Å². The highest BCUT2D eigenvalue weighted by Crippen LogP contribution is 2.24. The Kier molecular flexibility index (Phi) is 5.61. The molecular formula is C16H22F3N7O. The first-order valence-electron chi connectivity index (χ1n) is 8.72. The second kappa shape index (κ2) is 7.77. The topological polar surface area (TPSA) is 87.5 Å². The Morgan fingerprint density at radius 1 is 1.30 bits per heavy atom. The van der Waals surface area contributed by atoms with Gasteiger partial charge in [0.15, 0.2) is 5.82 Å². The Hall–Kier alpha value is -2.27. The molecule has 0 radical (unpaired) electrons. The highest BCUT2D eigenvalue weighted by Gasteiger charge is 2.43. The van der Waals surface area contributed by atoms with Crippen LogP contribution in [0.15, 0.2) is 6.07 Å². The summed E-state index contributed by atoms with van der Waals surface area (Å²) in [6.45, 7) is 4.74. The summed E-state index contributed by atoms with van der Waals surface area (Å²) < 4.78 is 41.6. The van der Waals surface area contributed by atoms with Crippen LogP contribution in [-0.4, -0.2) is 75.3 Å². The molecule has 1 amide bonds. The molecule has 8 nitrogen and oxygen atoms in total. The van der Waals surface area contributed by atoms with E-state index in [9.17, 15) is 18.0 Å². The summed E-state index contributed by atoms with van der Waals surface area (Å²) in [4.78, 5) is 21.9. The Bertz CT molecular complexity index is 814. The third kappa shape index (κ3) is 4.72. The predicted octanol–water partition coefficient (Wildman–Crippen LogP) is 0.236. The molecule has 1 aliphatic rings. The van der Waals surface area contributed by atoms with Crippen molar-refractivity contribution in [3.05, 3.63) is 23.3 Å². The second-order valence-corrected chi connectivity index (χ2v) is 6.60. The second-order valence-electron chi connectivity index (χ2n) is 6.60. The number of nitrogens with zero attached hydrogens (tertiary/aromatic N) is 5. The molecule has 0 spiro atoms. The van der Waals surface area contributed by atoms with Gasteiger partial charge in [0.25, 0.3) is 5.78 Å². The number of alkyl halides is 3. The molecule has 148 valence electrons. The molecule has 1 aliphatic heterocycles. The minimum Gasteiger partial charge on any atom is -0.354 e. The molecule has 3 rings (SSSR count). The van der Waals surface area contributed by atoms with Crippen LogP contribution in [0.3, 0.4) is 0 Å². The third-order valence-corrected chi connectivity index (χ3v) is 4.44. The first-order chi connectivity index (χ1) is 12.7. The van der Waals surface area contributed by atoms with Gasteiger partial charge in [0.05, 0.1) is 6.42 Å². The Labute approximate surface area is 154 Å². The maximum Gasteiger partial charge on any atom is 0.405 e. The molecule has 0 aromatic carbocycles. The summed E-state index contributed by atoms with van der Waals surface area (Å²) in [5.74, 6) is 0.0355. The maximum atomic E-state index is 13.4. The highest BCUT2D eigenvalue weighted by molar-refractivity contribution is 5.77. The minimum atomic E-state index is -4.41. The molecule has 2 aromatic heterocycles. The number of piperazine rings is 1. The monoisotopic (exact) mass is 385 g/mol. The highest BCUT2D eigenvalue weighted by atomic mass is 19.4. The quantitative estimate of drug-likeness (QED) is 0.767. The van der Waals surface area contributed by atoms with Gasteiger partial charge in [-0.1, -0.05) is 0 Å². The summed E-state index contributed by atoms with van der Waals surface area (Å²) in [5.41, 5.74) is 1.58. The van der Waals surface area contributed by atoms with E-state index in [2.05, 4.69) is 25.7 Å². The summed E-state index contributed by atoms with van der Waals surface area (Å²) in [5, 5.41) is 9.59. The van der Waals surface area contributed by atoms with Gasteiger partial charge in [0.1, 0.15) is 6.04 Å². The average molecular weight is 385 g/mol. The SMILES string of the molecule is Cc1cc(C)n2nc(CC(=O)NCC(N3CCNCC3)C(F)(F)F)nc2n1. The van der Waals surface area contributed by atoms with Gasteiger partial charge in [0.2, 0.25) is 5.91 Å². The largest absolute Gasteiger partial charge is 0.405 e. The van der Waals surface area contributed by atoms with Crippen LogP contribution in [0.25, 0.3) is 5.78 Å². The number of fused-ring (bicyclic) bond motifs is 1. The molecule has 0 bridgehead atoms. The van der Waals surface area contributed by atoms with Gasteiger partial charge in [0, 0.05) is 44.1 Å². The van der Waals surface area contributed by atoms with Gasteiger partial charge in [-0.05, 0) is 19.9 Å². The third-order valence-electron chi connectivity index (χ3n) is 4.44. The van der Waals surface area contributed by atoms with Gasteiger partial charge in [-0.25, -0.2) is 9.50 Å². The van der Waals surface area contributed by atoms with E-state index in [4.69, 9.17) is 0 Å². The number of amides is 1. The summed E-state index contributed by atoms with van der Waals surface area (Å²) in [6, 6.07) is 0.122. The predicted molar refractivity (Wildman–Crippen MR) is 91.3 cm³/mol. The fraction of sp³-hybridized carbons (Fsp3) is 0.625. The number of nitrogens with one attached hydrogen (secondary N) is 2. The Morgan fingerprint density at radius 2 is 2.00 bits per heavy atom. The number of aromatic nitrogens is 4. The van der Waals surface area contributed by atoms with Crippen molar-refractivity contribution < 1.29 is 18.0 Å². The number of hydrogen-bond acceptors (Lipinski definition) is 6. The molecule has 3 heterocycles. The molecule has 2 N–H and O–H groups in total. The lowest BCUT2D eigenvalue weighted by molar-refractivity contribution is -0.184. The zero-order valence-corrected chi connectivity index (χ0v) is 15.2. The fourth-order valence-electron chi connectivity index (χ4n) is 3.14. The summed E-state index contributed by atoms with van der Waals surface area (Å²) in [6.07, 6.45) is -4.61. The van der Waals surface area contributed by atoms with Crippen molar-refractivity contribution >= 4 is 11.7 Å². The number of rotatable bonds is 5. The smallest absolute Gasteiger partial charge is 0.354 e. The van der Waals surface area contributed by atoms with Gasteiger partial charge in [-0.15, -0.1) is 5.10 Å². The van der Waals surface area contributed by atoms with Gasteiger partial charge in [-0.2, -0.15) is 18.2 Å². The van der Waals surface area contributed by atoms with Crippen LogP contribution < -0.4 is 10.6 Å². The zero-order valence-electron chi connectivity index (χ0n) is 15.2. The van der Waals surface area contributed by atoms with Crippen LogP contribution in [0.5, 0.6) is 0 Å². The van der Waals surface area contributed by atoms with Crippen LogP contribution in [0.2, 0.25) is 0 Å². The molecule has 2 aromatic rings. The number of halogens is 3. The van der Waals surface area contributed by atoms with Crippen LogP contribution in [0.4, 0.5) is 13.2 Å². The van der Waals surface area contributed by atoms with Crippen molar-refractivity contribution in [2.75, 3.05) is 32.7 Å². The van der Waals surface area contributed by atoms with Crippen LogP contribution in [0, 0.1) is 13.8 Å². The lowest BCUT2D eigenvalue weighted by Gasteiger charge is -2.35. The number of hydrogen-bond donors (Lipinski definition) is 2. The lowest BCUT2D eigenvalue weighted by atomic mass is 10.2. The van der Waals surface area contributed by atoms with Crippen molar-refractivity contribution in [2.24, 2.45) is 0 Å². The maximum absolute atomic E-state index is 13.4. The van der Waals surface area contributed by atoms with Crippen molar-refractivity contribution in [3.63, 3.8) is 0 Å². The van der Waals surface area contributed by atoms with E-state index in [0.717, 1.165) is 11.4 Å². The molecule has 11 heteroatoms. The summed E-state index contributed by atoms with van der Waals surface area (Å²) >= 11 is 0. The number of carbonyl (C=O) groups excluding carboxylic acids is 1. The van der Waals surface area contributed by atoms with Crippen LogP contribution in [0.1, 0.15) is 17.2 Å². The molecule has 1 fully saturated rings. The molecular weight excluding hydrogens is 363 g/mol. The van der Waals surface area contributed by atoms with Gasteiger partial charge < -0.3 is 10.6 Å². The van der Waals surface area contributed by atoms with E-state index in [1.807, 2.05) is 19.9 Å². The van der Waals surface area contributed by atoms with Crippen molar-refractivity contribution in [3.8, 4) is 0 Å². The first-order valence-corrected chi connectivity index (χ1v) is 8.72. The van der Waals surface area contributed by atoms with E-state index in [1.54, 1.807) is 0 Å². The molecule has 1 atom stereocenters. The molecule has 27 heavy (non-hydrogen) atoms. The number of carbonyl (C=O) groups is 1. The van der Waals surface area contributed by atoms with Crippen LogP contribution in [-0.2, 0) is 11.2 Å². The Balaban J connectivity index is 1.63. The van der Waals surface area contributed by atoms with E-state index in [1.165, 1.54) is 9.42 Å². The standard InChI is InChI=1S/C16H22F3N7O/c1-10-7-11(2)26-15(22-10)23-13(24-26)8-14(27)21-9-12(16(17,18)19)25-5-3-20-4-6-25/h7,12,20H,3-6,8-9H2,1-2H3,(H,21,27). The Morgan fingerprint density at radius 3 is 2.67 bits per heavy atom. The van der Waals surface area contributed by atoms with Crippen molar-refractivity contribution in [1.29, 1.82) is 0 Å². The van der Waals surface area contributed by atoms with E-state index < -0.39 is 24.7 Å². The van der Waals surface area contributed by atoms with Crippen molar-refractivity contribution in [1.82, 2.24) is 35.1 Å². The minimum absolute atomic E-state index is 0.200. The molecule has 0 saturated carbocycles. The zero-order chi connectivity index (χ0) is 19.6. The van der Waals surface area contributed by atoms with Crippen LogP contribution >= 0.6 is 0 Å². The van der Waals surface area contributed by atoms with E-state index >= 15 is 0 Å². The average Bonchev–Trinajstić information content (AvgIpc) is 2.97. The summed E-state index contributed by atoms with van der Waals surface area (Å²) in [7, 11) is 0. The number of aryl methyl sites for hydroxylation is 2. The molecule has 1 unspecified atom stereocenters. The fourth-order valence-corrected chi connectivity index (χ4v) is 3.14. The van der Waals surface area contributed by atoms with E-state index in [0.29, 0.717) is 32.0 Å². The molecule has 1 saturated heterocycles. The van der Waals surface area contributed by atoms with E-state index in [-0.39, 0.29) is 12.2 Å². The molecule has 0 aliphatic carbocycles.